The Kier molecular flexibility index (Phi) is 3.67. The highest BCUT2D eigenvalue weighted by atomic mass is 16.2. The van der Waals surface area contributed by atoms with Crippen LogP contribution in [0.15, 0.2) is 79.1 Å². The Bertz CT molecular complexity index is 901. The summed E-state index contributed by atoms with van der Waals surface area (Å²) in [6.45, 7) is 0.536. The summed E-state index contributed by atoms with van der Waals surface area (Å²) in [6, 6.07) is 21.7. The summed E-state index contributed by atoms with van der Waals surface area (Å²) >= 11 is 0. The zero-order chi connectivity index (χ0) is 16.4. The number of carbonyl (C=O) groups excluding carboxylic acids is 1. The molecule has 24 heavy (non-hydrogen) atoms. The van der Waals surface area contributed by atoms with E-state index in [0.29, 0.717) is 6.54 Å². The summed E-state index contributed by atoms with van der Waals surface area (Å²) in [5.41, 5.74) is 4.83. The molecule has 0 fully saturated rings. The zero-order valence-corrected chi connectivity index (χ0v) is 13.1. The fourth-order valence-corrected chi connectivity index (χ4v) is 2.98. The maximum atomic E-state index is 12.9. The summed E-state index contributed by atoms with van der Waals surface area (Å²) < 4.78 is 0. The maximum Gasteiger partial charge on any atom is 0.259 e. The van der Waals surface area contributed by atoms with Crippen LogP contribution in [0.5, 0.6) is 0 Å². The van der Waals surface area contributed by atoms with Crippen LogP contribution in [0.2, 0.25) is 0 Å². The van der Waals surface area contributed by atoms with Crippen molar-refractivity contribution >= 4 is 17.7 Å². The third-order valence-electron chi connectivity index (χ3n) is 4.16. The first-order chi connectivity index (χ1) is 11.8. The molecule has 3 nitrogen and oxygen atoms in total. The molecular weight excluding hydrogens is 296 g/mol. The molecule has 2 heterocycles. The van der Waals surface area contributed by atoms with Crippen molar-refractivity contribution in [1.29, 1.82) is 0 Å². The highest BCUT2D eigenvalue weighted by Gasteiger charge is 2.31. The third kappa shape index (κ3) is 2.61. The van der Waals surface area contributed by atoms with Crippen molar-refractivity contribution in [3.05, 3.63) is 101 Å². The molecule has 0 saturated heterocycles. The average molecular weight is 312 g/mol. The highest BCUT2D eigenvalue weighted by Crippen LogP contribution is 2.35. The number of pyridine rings is 1. The summed E-state index contributed by atoms with van der Waals surface area (Å²) in [6.07, 6.45) is 5.58. The molecule has 0 N–H and O–H groups in total. The van der Waals surface area contributed by atoms with Gasteiger partial charge in [-0.05, 0) is 35.4 Å². The van der Waals surface area contributed by atoms with Gasteiger partial charge in [-0.25, -0.2) is 0 Å². The molecule has 1 aliphatic rings. The van der Waals surface area contributed by atoms with E-state index in [2.05, 4.69) is 11.1 Å². The lowest BCUT2D eigenvalue weighted by Gasteiger charge is -2.18. The van der Waals surface area contributed by atoms with Crippen LogP contribution in [0, 0.1) is 0 Å². The first-order valence-electron chi connectivity index (χ1n) is 7.90. The van der Waals surface area contributed by atoms with E-state index >= 15 is 0 Å². The van der Waals surface area contributed by atoms with Crippen molar-refractivity contribution in [3.63, 3.8) is 0 Å². The molecule has 0 spiro atoms. The van der Waals surface area contributed by atoms with Crippen molar-refractivity contribution in [3.8, 4) is 0 Å². The maximum absolute atomic E-state index is 12.9. The molecule has 116 valence electrons. The Labute approximate surface area is 140 Å². The van der Waals surface area contributed by atoms with Crippen molar-refractivity contribution in [2.24, 2.45) is 0 Å². The van der Waals surface area contributed by atoms with Crippen LogP contribution in [-0.4, -0.2) is 15.8 Å². The number of benzene rings is 2. The van der Waals surface area contributed by atoms with Crippen molar-refractivity contribution in [2.45, 2.75) is 6.54 Å². The third-order valence-corrected chi connectivity index (χ3v) is 4.16. The van der Waals surface area contributed by atoms with E-state index in [0.717, 1.165) is 28.0 Å². The number of rotatable bonds is 3. The van der Waals surface area contributed by atoms with Gasteiger partial charge in [-0.2, -0.15) is 0 Å². The van der Waals surface area contributed by atoms with E-state index < -0.39 is 0 Å². The van der Waals surface area contributed by atoms with Crippen LogP contribution in [0.25, 0.3) is 11.8 Å². The second-order valence-corrected chi connectivity index (χ2v) is 5.73. The van der Waals surface area contributed by atoms with Crippen LogP contribution in [0.1, 0.15) is 27.0 Å². The number of hydrogen-bond acceptors (Lipinski definition) is 2. The lowest BCUT2D eigenvalue weighted by molar-refractivity contribution is 0.0843. The summed E-state index contributed by atoms with van der Waals surface area (Å²) in [5.74, 6) is 0.0459. The molecule has 2 aromatic carbocycles. The minimum atomic E-state index is 0.0459. The van der Waals surface area contributed by atoms with Crippen molar-refractivity contribution in [2.75, 3.05) is 0 Å². The van der Waals surface area contributed by atoms with Gasteiger partial charge < -0.3 is 4.90 Å². The standard InChI is InChI=1S/C21H16N2O/c24-21-19-9-5-4-8-18(19)20(14-16-6-2-1-3-7-16)23(21)15-17-10-12-22-13-11-17/h1-14H,15H2/b20-14-. The first-order valence-corrected chi connectivity index (χ1v) is 7.90. The lowest BCUT2D eigenvalue weighted by Crippen LogP contribution is -2.22. The molecule has 0 atom stereocenters. The van der Waals surface area contributed by atoms with E-state index in [1.54, 1.807) is 12.4 Å². The van der Waals surface area contributed by atoms with Crippen LogP contribution in [-0.2, 0) is 6.54 Å². The predicted octanol–water partition coefficient (Wildman–Crippen LogP) is 4.24. The Morgan fingerprint density at radius 3 is 2.25 bits per heavy atom. The second kappa shape index (κ2) is 6.13. The number of hydrogen-bond donors (Lipinski definition) is 0. The number of fused-ring (bicyclic) bond motifs is 1. The fraction of sp³-hybridized carbons (Fsp3) is 0.0476. The molecule has 1 aliphatic heterocycles. The summed E-state index contributed by atoms with van der Waals surface area (Å²) in [7, 11) is 0. The number of amides is 1. The normalized spacial score (nSPS) is 14.9. The van der Waals surface area contributed by atoms with Crippen LogP contribution < -0.4 is 0 Å². The Balaban J connectivity index is 1.79. The molecule has 0 unspecified atom stereocenters. The van der Waals surface area contributed by atoms with Gasteiger partial charge in [-0.1, -0.05) is 48.5 Å². The molecule has 1 aromatic heterocycles. The van der Waals surface area contributed by atoms with E-state index in [-0.39, 0.29) is 5.91 Å². The zero-order valence-electron chi connectivity index (χ0n) is 13.1. The number of nitrogens with zero attached hydrogens (tertiary/aromatic N) is 2. The fourth-order valence-electron chi connectivity index (χ4n) is 2.98. The van der Waals surface area contributed by atoms with Gasteiger partial charge in [-0.3, -0.25) is 9.78 Å². The molecule has 0 aliphatic carbocycles. The topological polar surface area (TPSA) is 33.2 Å². The molecule has 1 amide bonds. The van der Waals surface area contributed by atoms with Crippen LogP contribution in [0.3, 0.4) is 0 Å². The van der Waals surface area contributed by atoms with Crippen molar-refractivity contribution in [1.82, 2.24) is 9.88 Å². The molecule has 0 bridgehead atoms. The Hall–Kier alpha value is -3.20. The lowest BCUT2D eigenvalue weighted by atomic mass is 10.1. The van der Waals surface area contributed by atoms with Crippen molar-refractivity contribution < 1.29 is 4.79 Å². The number of carbonyl (C=O) groups is 1. The second-order valence-electron chi connectivity index (χ2n) is 5.73. The SMILES string of the molecule is O=C1c2ccccc2/C(=C/c2ccccc2)N1Cc1ccncc1. The minimum absolute atomic E-state index is 0.0459. The smallest absolute Gasteiger partial charge is 0.259 e. The van der Waals surface area contributed by atoms with Gasteiger partial charge >= 0.3 is 0 Å². The van der Waals surface area contributed by atoms with E-state index in [9.17, 15) is 4.79 Å². The number of aromatic nitrogens is 1. The van der Waals surface area contributed by atoms with Gasteiger partial charge in [0.15, 0.2) is 0 Å². The molecule has 3 aromatic rings. The highest BCUT2D eigenvalue weighted by molar-refractivity contribution is 6.11. The quantitative estimate of drug-likeness (QED) is 0.725. The van der Waals surface area contributed by atoms with Crippen LogP contribution in [0.4, 0.5) is 0 Å². The van der Waals surface area contributed by atoms with E-state index in [1.165, 1.54) is 0 Å². The van der Waals surface area contributed by atoms with Gasteiger partial charge in [0, 0.05) is 23.5 Å². The largest absolute Gasteiger partial charge is 0.303 e. The van der Waals surface area contributed by atoms with E-state index in [4.69, 9.17) is 0 Å². The minimum Gasteiger partial charge on any atom is -0.303 e. The molecule has 4 rings (SSSR count). The predicted molar refractivity (Wildman–Crippen MR) is 94.9 cm³/mol. The van der Waals surface area contributed by atoms with Gasteiger partial charge in [0.1, 0.15) is 0 Å². The van der Waals surface area contributed by atoms with Gasteiger partial charge in [-0.15, -0.1) is 0 Å². The molecule has 0 radical (unpaired) electrons. The average Bonchev–Trinajstić information content (AvgIpc) is 2.90. The Morgan fingerprint density at radius 1 is 0.833 bits per heavy atom. The van der Waals surface area contributed by atoms with Gasteiger partial charge in [0.25, 0.3) is 5.91 Å². The first kappa shape index (κ1) is 14.4. The molecule has 0 saturated carbocycles. The summed E-state index contributed by atoms with van der Waals surface area (Å²) in [4.78, 5) is 18.8. The van der Waals surface area contributed by atoms with Gasteiger partial charge in [0.05, 0.1) is 12.2 Å². The monoisotopic (exact) mass is 312 g/mol. The molecule has 3 heteroatoms. The molecular formula is C21H16N2O. The Morgan fingerprint density at radius 2 is 1.50 bits per heavy atom. The van der Waals surface area contributed by atoms with Gasteiger partial charge in [0.2, 0.25) is 0 Å². The summed E-state index contributed by atoms with van der Waals surface area (Å²) in [5, 5.41) is 0. The van der Waals surface area contributed by atoms with Crippen LogP contribution >= 0.6 is 0 Å². The van der Waals surface area contributed by atoms with E-state index in [1.807, 2.05) is 71.6 Å².